The van der Waals surface area contributed by atoms with Crippen molar-refractivity contribution in [2.24, 2.45) is 0 Å². The molecule has 1 aliphatic rings. The summed E-state index contributed by atoms with van der Waals surface area (Å²) in [4.78, 5) is 43.5. The molecule has 2 atom stereocenters. The van der Waals surface area contributed by atoms with Gasteiger partial charge in [0.2, 0.25) is 17.6 Å². The molecule has 1 saturated carbocycles. The number of nitrogens with zero attached hydrogens (tertiary/aromatic N) is 3. The van der Waals surface area contributed by atoms with E-state index in [2.05, 4.69) is 46.3 Å². The number of rotatable bonds is 15. The van der Waals surface area contributed by atoms with Gasteiger partial charge in [0.05, 0.1) is 19.1 Å². The summed E-state index contributed by atoms with van der Waals surface area (Å²) in [5, 5.41) is 16.3. The highest BCUT2D eigenvalue weighted by atomic mass is 19.4. The number of carbonyl (C=O) groups excluding carboxylic acids is 2. The smallest absolute Gasteiger partial charge is 0.416 e. The Morgan fingerprint density at radius 3 is 2.40 bits per heavy atom. The van der Waals surface area contributed by atoms with Gasteiger partial charge in [0.1, 0.15) is 12.3 Å². The standard InChI is InChI=1S/C40H39F3N4O6/c1-5-6-27(37-45-38(53-46-37)33-21-32(33)26-10-7-24(2)8-11-26)12-9-25(3)22-47(23-36(49)50)39(51)28-13-16-30(17-14-28)44-35(48)19-29-15-18-31(52-4)20-34(29)40(41,42)43/h6-18,20,32-33H,3,5,19,21-23H2,1-2,4H3,(H,44,48)(H,49,50). The van der Waals surface area contributed by atoms with E-state index in [1.165, 1.54) is 54.6 Å². The van der Waals surface area contributed by atoms with Crippen molar-refractivity contribution >= 4 is 29.0 Å². The molecule has 13 heteroatoms. The SMILES string of the molecule is C=C(C=CC(=CCC)c1noc(C2CC2c2ccc(C)cc2)n1)CN(CC(=O)O)C(=O)c1ccc(NC(=O)Cc2ccc(OC)cc2C(F)(F)F)cc1. The monoisotopic (exact) mass is 728 g/mol. The Balaban J connectivity index is 1.20. The highest BCUT2D eigenvalue weighted by molar-refractivity contribution is 5.97. The van der Waals surface area contributed by atoms with Crippen molar-refractivity contribution in [2.75, 3.05) is 25.5 Å². The van der Waals surface area contributed by atoms with Gasteiger partial charge in [-0.2, -0.15) is 18.2 Å². The molecule has 5 rings (SSSR count). The van der Waals surface area contributed by atoms with Gasteiger partial charge < -0.3 is 24.6 Å². The van der Waals surface area contributed by atoms with E-state index in [1.807, 2.05) is 19.9 Å². The maximum absolute atomic E-state index is 13.6. The number of benzene rings is 3. The molecule has 0 saturated heterocycles. The zero-order valence-electron chi connectivity index (χ0n) is 29.4. The highest BCUT2D eigenvalue weighted by Crippen LogP contribution is 2.54. The lowest BCUT2D eigenvalue weighted by atomic mass is 10.0. The van der Waals surface area contributed by atoms with Crippen LogP contribution >= 0.6 is 0 Å². The number of alkyl halides is 3. The number of ether oxygens (including phenoxy) is 1. The second-order valence-electron chi connectivity index (χ2n) is 12.8. The molecule has 2 unspecified atom stereocenters. The molecular weight excluding hydrogens is 689 g/mol. The van der Waals surface area contributed by atoms with E-state index in [0.717, 1.165) is 17.4 Å². The van der Waals surface area contributed by atoms with Crippen molar-refractivity contribution in [3.05, 3.63) is 137 Å². The Hall–Kier alpha value is -5.98. The number of carboxylic acid groups (broad SMARTS) is 1. The molecule has 2 N–H and O–H groups in total. The van der Waals surface area contributed by atoms with Crippen LogP contribution in [0.2, 0.25) is 0 Å². The molecule has 4 aromatic rings. The number of aliphatic carboxylic acids is 1. The van der Waals surface area contributed by atoms with Crippen LogP contribution in [-0.4, -0.2) is 58.1 Å². The van der Waals surface area contributed by atoms with Gasteiger partial charge in [-0.1, -0.05) is 72.8 Å². The molecule has 1 aliphatic carbocycles. The first-order chi connectivity index (χ1) is 25.2. The number of carboxylic acids is 1. The molecule has 0 radical (unpaired) electrons. The number of amides is 2. The number of halogens is 3. The molecule has 1 aromatic heterocycles. The first-order valence-electron chi connectivity index (χ1n) is 16.9. The van der Waals surface area contributed by atoms with Gasteiger partial charge in [0.25, 0.3) is 5.91 Å². The molecule has 1 heterocycles. The van der Waals surface area contributed by atoms with Gasteiger partial charge in [0.15, 0.2) is 0 Å². The Labute approximate surface area is 304 Å². The van der Waals surface area contributed by atoms with E-state index in [4.69, 9.17) is 9.26 Å². The number of allylic oxidation sites excluding steroid dienone is 3. The number of hydrogen-bond donors (Lipinski definition) is 2. The number of aromatic nitrogens is 2. The minimum atomic E-state index is -4.69. The zero-order chi connectivity index (χ0) is 38.3. The highest BCUT2D eigenvalue weighted by Gasteiger charge is 2.43. The quantitative estimate of drug-likeness (QED) is 0.118. The number of carbonyl (C=O) groups is 3. The Morgan fingerprint density at radius 2 is 1.75 bits per heavy atom. The van der Waals surface area contributed by atoms with Crippen LogP contribution in [0.4, 0.5) is 18.9 Å². The van der Waals surface area contributed by atoms with Crippen molar-refractivity contribution in [1.29, 1.82) is 0 Å². The Kier molecular flexibility index (Phi) is 12.0. The zero-order valence-corrected chi connectivity index (χ0v) is 29.4. The lowest BCUT2D eigenvalue weighted by Gasteiger charge is -2.21. The average Bonchev–Trinajstić information content (AvgIpc) is 3.76. The number of methoxy groups -OCH3 is 1. The fourth-order valence-corrected chi connectivity index (χ4v) is 5.83. The van der Waals surface area contributed by atoms with E-state index in [-0.39, 0.29) is 35.0 Å². The van der Waals surface area contributed by atoms with Crippen LogP contribution in [0.1, 0.15) is 75.9 Å². The fourth-order valence-electron chi connectivity index (χ4n) is 5.83. The second kappa shape index (κ2) is 16.6. The van der Waals surface area contributed by atoms with E-state index < -0.39 is 42.5 Å². The number of aryl methyl sites for hydroxylation is 1. The molecule has 2 amide bonds. The van der Waals surface area contributed by atoms with Gasteiger partial charge in [0, 0.05) is 29.3 Å². The summed E-state index contributed by atoms with van der Waals surface area (Å²) >= 11 is 0. The van der Waals surface area contributed by atoms with E-state index >= 15 is 0 Å². The van der Waals surface area contributed by atoms with Gasteiger partial charge in [-0.3, -0.25) is 14.4 Å². The summed E-state index contributed by atoms with van der Waals surface area (Å²) in [5.74, 6) is -1.08. The summed E-state index contributed by atoms with van der Waals surface area (Å²) in [6, 6.07) is 17.3. The third kappa shape index (κ3) is 10.1. The van der Waals surface area contributed by atoms with Crippen molar-refractivity contribution in [3.63, 3.8) is 0 Å². The van der Waals surface area contributed by atoms with Crippen molar-refractivity contribution in [3.8, 4) is 5.75 Å². The maximum Gasteiger partial charge on any atom is 0.416 e. The van der Waals surface area contributed by atoms with Crippen LogP contribution in [0.15, 0.2) is 102 Å². The van der Waals surface area contributed by atoms with Crippen LogP contribution in [0.5, 0.6) is 5.75 Å². The molecule has 0 bridgehead atoms. The number of anilines is 1. The average molecular weight is 729 g/mol. The third-order valence-electron chi connectivity index (χ3n) is 8.63. The van der Waals surface area contributed by atoms with E-state index in [1.54, 1.807) is 12.2 Å². The maximum atomic E-state index is 13.6. The molecule has 1 fully saturated rings. The number of hydrogen-bond acceptors (Lipinski definition) is 7. The minimum Gasteiger partial charge on any atom is -0.497 e. The van der Waals surface area contributed by atoms with E-state index in [9.17, 15) is 32.7 Å². The van der Waals surface area contributed by atoms with E-state index in [0.29, 0.717) is 35.2 Å². The lowest BCUT2D eigenvalue weighted by molar-refractivity contribution is -0.139. The topological polar surface area (TPSA) is 135 Å². The minimum absolute atomic E-state index is 0.00937. The molecular formula is C40H39F3N4O6. The fraction of sp³-hybridized carbons (Fsp3) is 0.275. The first-order valence-corrected chi connectivity index (χ1v) is 16.9. The predicted octanol–water partition coefficient (Wildman–Crippen LogP) is 7.99. The molecule has 0 aliphatic heterocycles. The Morgan fingerprint density at radius 1 is 1.04 bits per heavy atom. The third-order valence-corrected chi connectivity index (χ3v) is 8.63. The first kappa shape index (κ1) is 38.3. The molecule has 276 valence electrons. The Bertz CT molecular complexity index is 2030. The largest absolute Gasteiger partial charge is 0.497 e. The van der Waals surface area contributed by atoms with Crippen molar-refractivity contribution < 1.29 is 41.9 Å². The summed E-state index contributed by atoms with van der Waals surface area (Å²) in [6.45, 7) is 7.31. The molecule has 10 nitrogen and oxygen atoms in total. The molecule has 3 aromatic carbocycles. The van der Waals surface area contributed by atoms with Crippen LogP contribution in [0.3, 0.4) is 0 Å². The van der Waals surface area contributed by atoms with Gasteiger partial charge in [-0.15, -0.1) is 0 Å². The van der Waals surface area contributed by atoms with Crippen LogP contribution < -0.4 is 10.1 Å². The van der Waals surface area contributed by atoms with Crippen molar-refractivity contribution in [2.45, 2.75) is 51.1 Å². The van der Waals surface area contributed by atoms with Crippen LogP contribution in [-0.2, 0) is 22.2 Å². The van der Waals surface area contributed by atoms with Crippen LogP contribution in [0, 0.1) is 6.92 Å². The van der Waals surface area contributed by atoms with Gasteiger partial charge >= 0.3 is 12.1 Å². The van der Waals surface area contributed by atoms with Crippen molar-refractivity contribution in [1.82, 2.24) is 15.0 Å². The summed E-state index contributed by atoms with van der Waals surface area (Å²) < 4.78 is 51.2. The molecule has 0 spiro atoms. The normalized spacial score (nSPS) is 15.6. The van der Waals surface area contributed by atoms with Gasteiger partial charge in [-0.05, 0) is 78.8 Å². The summed E-state index contributed by atoms with van der Waals surface area (Å²) in [5.41, 5.74) is 2.70. The van der Waals surface area contributed by atoms with Crippen LogP contribution in [0.25, 0.3) is 5.57 Å². The van der Waals surface area contributed by atoms with Gasteiger partial charge in [-0.25, -0.2) is 0 Å². The second-order valence-corrected chi connectivity index (χ2v) is 12.8. The lowest BCUT2D eigenvalue weighted by Crippen LogP contribution is -2.36. The summed E-state index contributed by atoms with van der Waals surface area (Å²) in [6.07, 6.45) is 1.69. The molecule has 53 heavy (non-hydrogen) atoms. The predicted molar refractivity (Wildman–Crippen MR) is 192 cm³/mol. The number of nitrogens with one attached hydrogen (secondary N) is 1. The summed E-state index contributed by atoms with van der Waals surface area (Å²) in [7, 11) is 1.25.